The minimum absolute atomic E-state index is 0. The first-order valence-electron chi connectivity index (χ1n) is 2.81. The zero-order valence-electron chi connectivity index (χ0n) is 6.27. The summed E-state index contributed by atoms with van der Waals surface area (Å²) in [4.78, 5) is 2.88. The maximum Gasteiger partial charge on any atom is 1.00 e. The molecular formula is C5H3BF4KN. The van der Waals surface area contributed by atoms with Crippen molar-refractivity contribution in [3.63, 3.8) is 0 Å². The summed E-state index contributed by atoms with van der Waals surface area (Å²) >= 11 is 0. The molecule has 1 aromatic rings. The largest absolute Gasteiger partial charge is 1.00 e. The Balaban J connectivity index is 0.00000121. The normalized spacial score (nSPS) is 10.7. The van der Waals surface area contributed by atoms with Gasteiger partial charge in [-0.25, -0.2) is 4.39 Å². The van der Waals surface area contributed by atoms with Gasteiger partial charge in [0.15, 0.2) is 0 Å². The molecule has 0 unspecified atom stereocenters. The van der Waals surface area contributed by atoms with Crippen molar-refractivity contribution in [2.75, 3.05) is 0 Å². The molecule has 0 aliphatic heterocycles. The molecule has 60 valence electrons. The number of nitrogens with zero attached hydrogens (tertiary/aromatic N) is 1. The quantitative estimate of drug-likeness (QED) is 0.390. The van der Waals surface area contributed by atoms with Crippen LogP contribution in [-0.4, -0.2) is 12.0 Å². The molecule has 1 heterocycles. The molecule has 0 atom stereocenters. The van der Waals surface area contributed by atoms with E-state index in [1.54, 1.807) is 0 Å². The summed E-state index contributed by atoms with van der Waals surface area (Å²) in [5, 5.41) is 0. The summed E-state index contributed by atoms with van der Waals surface area (Å²) in [6.45, 7) is -5.10. The first-order valence-corrected chi connectivity index (χ1v) is 2.81. The average molecular weight is 203 g/mol. The Morgan fingerprint density at radius 3 is 2.08 bits per heavy atom. The van der Waals surface area contributed by atoms with Gasteiger partial charge in [-0.15, -0.1) is 0 Å². The van der Waals surface area contributed by atoms with Gasteiger partial charge in [0.2, 0.25) is 0 Å². The van der Waals surface area contributed by atoms with Crippen LogP contribution in [0.25, 0.3) is 0 Å². The van der Waals surface area contributed by atoms with Crippen molar-refractivity contribution in [1.29, 1.82) is 0 Å². The van der Waals surface area contributed by atoms with Gasteiger partial charge in [0.1, 0.15) is 5.82 Å². The zero-order valence-corrected chi connectivity index (χ0v) is 9.39. The van der Waals surface area contributed by atoms with Crippen LogP contribution in [0, 0.1) is 5.82 Å². The second-order valence-corrected chi connectivity index (χ2v) is 1.98. The second kappa shape index (κ2) is 4.71. The van der Waals surface area contributed by atoms with E-state index in [-0.39, 0.29) is 51.4 Å². The summed E-state index contributed by atoms with van der Waals surface area (Å²) in [5.74, 6) is -0.770. The molecule has 12 heavy (non-hydrogen) atoms. The van der Waals surface area contributed by atoms with Crippen molar-refractivity contribution in [2.45, 2.75) is 0 Å². The SMILES string of the molecule is Fc1ccc([B-](F)(F)F)nc1.[K+]. The van der Waals surface area contributed by atoms with E-state index in [0.717, 1.165) is 6.07 Å². The van der Waals surface area contributed by atoms with Crippen LogP contribution in [0.1, 0.15) is 0 Å². The molecule has 0 amide bonds. The molecule has 0 aromatic carbocycles. The third-order valence-corrected chi connectivity index (χ3v) is 1.09. The maximum atomic E-state index is 12.1. The maximum absolute atomic E-state index is 12.1. The van der Waals surface area contributed by atoms with Gasteiger partial charge in [-0.05, 0) is 11.7 Å². The number of hydrogen-bond donors (Lipinski definition) is 0. The second-order valence-electron chi connectivity index (χ2n) is 1.98. The van der Waals surface area contributed by atoms with Gasteiger partial charge in [0.25, 0.3) is 0 Å². The molecule has 0 bridgehead atoms. The van der Waals surface area contributed by atoms with Gasteiger partial charge in [-0.2, -0.15) is 0 Å². The van der Waals surface area contributed by atoms with Crippen molar-refractivity contribution in [3.8, 4) is 0 Å². The number of hydrogen-bond acceptors (Lipinski definition) is 1. The Bertz CT molecular complexity index is 247. The molecule has 0 aliphatic carbocycles. The van der Waals surface area contributed by atoms with Crippen LogP contribution in [0.4, 0.5) is 17.3 Å². The van der Waals surface area contributed by atoms with Gasteiger partial charge in [0.05, 0.1) is 6.20 Å². The molecule has 7 heteroatoms. The Labute approximate surface area is 109 Å². The van der Waals surface area contributed by atoms with Gasteiger partial charge >= 0.3 is 58.4 Å². The Morgan fingerprint density at radius 1 is 1.17 bits per heavy atom. The summed E-state index contributed by atoms with van der Waals surface area (Å²) < 4.78 is 47.4. The first-order chi connectivity index (χ1) is 5.00. The molecule has 0 saturated carbocycles. The number of pyridine rings is 1. The number of rotatable bonds is 1. The van der Waals surface area contributed by atoms with E-state index in [0.29, 0.717) is 12.3 Å². The van der Waals surface area contributed by atoms with Gasteiger partial charge < -0.3 is 12.9 Å². The van der Waals surface area contributed by atoms with E-state index in [1.165, 1.54) is 0 Å². The molecule has 1 nitrogen and oxygen atoms in total. The Hall–Kier alpha value is 0.571. The van der Waals surface area contributed by atoms with Gasteiger partial charge in [0, 0.05) is 0 Å². The molecular weight excluding hydrogens is 200 g/mol. The van der Waals surface area contributed by atoms with E-state index < -0.39 is 18.4 Å². The molecule has 0 radical (unpaired) electrons. The summed E-state index contributed by atoms with van der Waals surface area (Å²) in [6.07, 6.45) is 0.546. The van der Waals surface area contributed by atoms with E-state index in [2.05, 4.69) is 4.98 Å². The van der Waals surface area contributed by atoms with Crippen LogP contribution >= 0.6 is 0 Å². The van der Waals surface area contributed by atoms with Crippen molar-refractivity contribution >= 4 is 12.6 Å². The third kappa shape index (κ3) is 3.53. The summed E-state index contributed by atoms with van der Waals surface area (Å²) in [5.41, 5.74) is -1.02. The van der Waals surface area contributed by atoms with Gasteiger partial charge in [-0.3, -0.25) is 4.98 Å². The molecule has 0 aliphatic rings. The fourth-order valence-corrected chi connectivity index (χ4v) is 0.581. The van der Waals surface area contributed by atoms with Crippen molar-refractivity contribution < 1.29 is 68.7 Å². The predicted octanol–water partition coefficient (Wildman–Crippen LogP) is -1.72. The Kier molecular flexibility index (Phi) is 4.93. The zero-order chi connectivity index (χ0) is 8.48. The van der Waals surface area contributed by atoms with E-state index in [4.69, 9.17) is 0 Å². The summed E-state index contributed by atoms with van der Waals surface area (Å²) in [7, 11) is 0. The summed E-state index contributed by atoms with van der Waals surface area (Å²) in [6, 6.07) is 1.35. The molecule has 0 fully saturated rings. The van der Waals surface area contributed by atoms with Crippen LogP contribution in [0.2, 0.25) is 0 Å². The van der Waals surface area contributed by atoms with Crippen molar-refractivity contribution in [3.05, 3.63) is 24.1 Å². The minimum atomic E-state index is -5.10. The van der Waals surface area contributed by atoms with Crippen LogP contribution < -0.4 is 57.0 Å². The average Bonchev–Trinajstić information content (AvgIpc) is 1.86. The van der Waals surface area contributed by atoms with Gasteiger partial charge in [-0.1, -0.05) is 6.07 Å². The van der Waals surface area contributed by atoms with Crippen LogP contribution in [0.5, 0.6) is 0 Å². The van der Waals surface area contributed by atoms with Crippen LogP contribution in [0.3, 0.4) is 0 Å². The number of halogens is 4. The molecule has 1 aromatic heterocycles. The standard InChI is InChI=1S/C5H3BF4N.K/c7-4-1-2-5(11-3-4)6(8,9)10;/h1-3H;/q-1;+1. The fourth-order valence-electron chi connectivity index (χ4n) is 0.581. The van der Waals surface area contributed by atoms with E-state index in [1.807, 2.05) is 0 Å². The third-order valence-electron chi connectivity index (χ3n) is 1.09. The molecule has 0 spiro atoms. The first kappa shape index (κ1) is 12.6. The van der Waals surface area contributed by atoms with E-state index in [9.17, 15) is 17.3 Å². The topological polar surface area (TPSA) is 12.9 Å². The minimum Gasteiger partial charge on any atom is -0.444 e. The van der Waals surface area contributed by atoms with Crippen molar-refractivity contribution in [2.24, 2.45) is 0 Å². The number of aromatic nitrogens is 1. The molecule has 0 saturated heterocycles. The predicted molar refractivity (Wildman–Crippen MR) is 32.9 cm³/mol. The van der Waals surface area contributed by atoms with Crippen LogP contribution in [-0.2, 0) is 0 Å². The molecule has 1 rings (SSSR count). The molecule has 0 N–H and O–H groups in total. The van der Waals surface area contributed by atoms with Crippen molar-refractivity contribution in [1.82, 2.24) is 4.98 Å². The monoisotopic (exact) mass is 203 g/mol. The smallest absolute Gasteiger partial charge is 0.444 e. The Morgan fingerprint density at radius 2 is 1.75 bits per heavy atom. The van der Waals surface area contributed by atoms with E-state index >= 15 is 0 Å². The van der Waals surface area contributed by atoms with Crippen LogP contribution in [0.15, 0.2) is 18.3 Å². The fraction of sp³-hybridized carbons (Fsp3) is 0.